The molecule has 0 saturated heterocycles. The molecule has 0 aliphatic heterocycles. The second-order valence-electron chi connectivity index (χ2n) is 5.39. The van der Waals surface area contributed by atoms with E-state index in [-0.39, 0.29) is 34.9 Å². The number of nitro benzene ring substituents is 1. The molecule has 0 heterocycles. The Morgan fingerprint density at radius 2 is 1.25 bits per heavy atom. The molecule has 0 radical (unpaired) electrons. The molecule has 0 fully saturated rings. The van der Waals surface area contributed by atoms with E-state index in [1.54, 1.807) is 67.8 Å². The Kier molecular flexibility index (Phi) is 10.7. The van der Waals surface area contributed by atoms with Crippen LogP contribution in [0.5, 0.6) is 0 Å². The molecule has 0 aromatic heterocycles. The molecule has 0 spiro atoms. The number of halogens is 3. The van der Waals surface area contributed by atoms with Crippen molar-refractivity contribution in [2.75, 3.05) is 26.3 Å². The smallest absolute Gasteiger partial charge is 0.297 e. The molecule has 2 atom stereocenters. The number of carbonyl (C=O) groups is 2. The van der Waals surface area contributed by atoms with Gasteiger partial charge in [0.2, 0.25) is 0 Å². The van der Waals surface area contributed by atoms with E-state index in [1.165, 1.54) is 0 Å². The topological polar surface area (TPSA) is 182 Å². The molecule has 0 bridgehead atoms. The lowest BCUT2D eigenvalue weighted by atomic mass is 10.1. The van der Waals surface area contributed by atoms with Gasteiger partial charge >= 0.3 is 0 Å². The van der Waals surface area contributed by atoms with Gasteiger partial charge in [-0.25, -0.2) is 0 Å². The number of nitrogens with zero attached hydrogens (tertiary/aromatic N) is 1. The number of aliphatic hydroxyl groups is 4. The number of nitro groups is 1. The number of aliphatic hydroxyl groups excluding tert-OH is 4. The maximum Gasteiger partial charge on any atom is 0.297 e. The van der Waals surface area contributed by atoms with Gasteiger partial charge in [-0.05, 0) is 67.8 Å². The van der Waals surface area contributed by atoms with Crippen LogP contribution in [0.15, 0.2) is 0 Å². The van der Waals surface area contributed by atoms with Gasteiger partial charge in [0.25, 0.3) is 17.5 Å². The van der Waals surface area contributed by atoms with Gasteiger partial charge in [-0.3, -0.25) is 19.7 Å². The molecule has 0 saturated carbocycles. The average Bonchev–Trinajstić information content (AvgIpc) is 2.63. The fourth-order valence-corrected chi connectivity index (χ4v) is 6.48. The van der Waals surface area contributed by atoms with Gasteiger partial charge in [-0.1, -0.05) is 0 Å². The summed E-state index contributed by atoms with van der Waals surface area (Å²) in [5, 5.41) is 52.7. The highest BCUT2D eigenvalue weighted by atomic mass is 127. The van der Waals surface area contributed by atoms with Crippen molar-refractivity contribution in [2.45, 2.75) is 12.2 Å². The lowest BCUT2D eigenvalue weighted by Gasteiger charge is -2.16. The third-order valence-electron chi connectivity index (χ3n) is 3.35. The zero-order chi connectivity index (χ0) is 21.6. The van der Waals surface area contributed by atoms with Gasteiger partial charge in [0.15, 0.2) is 0 Å². The third kappa shape index (κ3) is 6.29. The van der Waals surface area contributed by atoms with Crippen molar-refractivity contribution in [2.24, 2.45) is 0 Å². The van der Waals surface area contributed by atoms with Crippen LogP contribution >= 0.6 is 67.8 Å². The maximum atomic E-state index is 12.5. The van der Waals surface area contributed by atoms with E-state index in [1.807, 2.05) is 0 Å². The number of rotatable bonds is 9. The van der Waals surface area contributed by atoms with Gasteiger partial charge in [-0.15, -0.1) is 0 Å². The van der Waals surface area contributed by atoms with Gasteiger partial charge < -0.3 is 31.1 Å². The number of amides is 2. The number of hydrogen-bond acceptors (Lipinski definition) is 8. The Bertz CT molecular complexity index is 724. The first-order valence-electron chi connectivity index (χ1n) is 7.55. The SMILES string of the molecule is O=C(NC[C@H](O)CO)c1c(I)c(C(=O)NC[C@H](O)CO)c(I)c([N+](=O)[O-])c1I. The molecule has 1 aromatic rings. The van der Waals surface area contributed by atoms with E-state index in [2.05, 4.69) is 10.6 Å². The minimum absolute atomic E-state index is 0.0133. The fraction of sp³-hybridized carbons (Fsp3) is 0.429. The van der Waals surface area contributed by atoms with Gasteiger partial charge in [-0.2, -0.15) is 0 Å². The lowest BCUT2D eigenvalue weighted by molar-refractivity contribution is -0.386. The predicted octanol–water partition coefficient (Wildman–Crippen LogP) is -0.425. The molecule has 14 heteroatoms. The Balaban J connectivity index is 3.44. The van der Waals surface area contributed by atoms with E-state index in [0.29, 0.717) is 0 Å². The molecule has 1 rings (SSSR count). The summed E-state index contributed by atoms with van der Waals surface area (Å²) in [6, 6.07) is 0. The summed E-state index contributed by atoms with van der Waals surface area (Å²) >= 11 is 4.99. The van der Waals surface area contributed by atoms with Crippen molar-refractivity contribution < 1.29 is 34.9 Å². The van der Waals surface area contributed by atoms with Crippen LogP contribution in [0.3, 0.4) is 0 Å². The second kappa shape index (κ2) is 11.7. The molecule has 0 aliphatic carbocycles. The number of benzene rings is 1. The monoisotopic (exact) mass is 735 g/mol. The first-order valence-corrected chi connectivity index (χ1v) is 10.8. The molecule has 11 nitrogen and oxygen atoms in total. The van der Waals surface area contributed by atoms with Gasteiger partial charge in [0, 0.05) is 16.7 Å². The van der Waals surface area contributed by atoms with Crippen LogP contribution < -0.4 is 10.6 Å². The summed E-state index contributed by atoms with van der Waals surface area (Å²) in [6.07, 6.45) is -2.42. The van der Waals surface area contributed by atoms with Gasteiger partial charge in [0.1, 0.15) is 7.14 Å². The van der Waals surface area contributed by atoms with Crippen LogP contribution in [-0.4, -0.2) is 75.7 Å². The first kappa shape index (κ1) is 25.6. The van der Waals surface area contributed by atoms with E-state index in [9.17, 15) is 29.9 Å². The maximum absolute atomic E-state index is 12.5. The Hall–Kier alpha value is -0.410. The standard InChI is InChI=1S/C14H16I3N3O8/c15-9-7(13(25)18-1-5(23)3-21)10(16)12(20(27)28)11(17)8(9)14(26)19-2-6(24)4-22/h5-6,21-24H,1-4H2,(H,18,25)(H,19,26)/t5-,6-/m0/s1. The van der Waals surface area contributed by atoms with E-state index in [0.717, 1.165) is 0 Å². The van der Waals surface area contributed by atoms with E-state index < -0.39 is 47.8 Å². The minimum atomic E-state index is -1.21. The second-order valence-corrected chi connectivity index (χ2v) is 8.63. The Morgan fingerprint density at radius 1 is 0.893 bits per heavy atom. The van der Waals surface area contributed by atoms with Crippen LogP contribution in [0.1, 0.15) is 20.7 Å². The van der Waals surface area contributed by atoms with E-state index >= 15 is 0 Å². The number of hydrogen-bond donors (Lipinski definition) is 6. The van der Waals surface area contributed by atoms with Crippen LogP contribution in [-0.2, 0) is 0 Å². The Labute approximate surface area is 199 Å². The van der Waals surface area contributed by atoms with Crippen molar-refractivity contribution >= 4 is 85.3 Å². The summed E-state index contributed by atoms with van der Waals surface area (Å²) < 4.78 is 0.169. The quantitative estimate of drug-likeness (QED) is 0.112. The van der Waals surface area contributed by atoms with Crippen LogP contribution in [0.2, 0.25) is 0 Å². The highest BCUT2D eigenvalue weighted by Crippen LogP contribution is 2.36. The molecule has 28 heavy (non-hydrogen) atoms. The molecular weight excluding hydrogens is 719 g/mol. The predicted molar refractivity (Wildman–Crippen MR) is 122 cm³/mol. The minimum Gasteiger partial charge on any atom is -0.394 e. The molecule has 1 aromatic carbocycles. The van der Waals surface area contributed by atoms with Crippen molar-refractivity contribution in [3.63, 3.8) is 0 Å². The molecule has 6 N–H and O–H groups in total. The summed E-state index contributed by atoms with van der Waals surface area (Å²) in [5.41, 5.74) is -0.667. The van der Waals surface area contributed by atoms with Crippen molar-refractivity contribution in [1.29, 1.82) is 0 Å². The molecular formula is C14H16I3N3O8. The first-order chi connectivity index (χ1) is 13.1. The lowest BCUT2D eigenvalue weighted by Crippen LogP contribution is -2.37. The zero-order valence-corrected chi connectivity index (χ0v) is 20.5. The average molecular weight is 735 g/mol. The Morgan fingerprint density at radius 3 is 1.54 bits per heavy atom. The van der Waals surface area contributed by atoms with Crippen molar-refractivity contribution in [1.82, 2.24) is 10.6 Å². The molecule has 0 unspecified atom stereocenters. The van der Waals surface area contributed by atoms with Crippen LogP contribution in [0.25, 0.3) is 0 Å². The van der Waals surface area contributed by atoms with Crippen LogP contribution in [0, 0.1) is 20.8 Å². The van der Waals surface area contributed by atoms with E-state index in [4.69, 9.17) is 10.2 Å². The molecule has 0 aliphatic rings. The molecule has 156 valence electrons. The summed E-state index contributed by atoms with van der Waals surface area (Å²) in [5.74, 6) is -1.52. The number of nitrogens with one attached hydrogen (secondary N) is 2. The normalized spacial score (nSPS) is 13.0. The van der Waals surface area contributed by atoms with Crippen LogP contribution in [0.4, 0.5) is 5.69 Å². The van der Waals surface area contributed by atoms with Crippen molar-refractivity contribution in [3.8, 4) is 0 Å². The van der Waals surface area contributed by atoms with Gasteiger partial charge in [0.05, 0.1) is 41.5 Å². The summed E-state index contributed by atoms with van der Waals surface area (Å²) in [7, 11) is 0. The summed E-state index contributed by atoms with van der Waals surface area (Å²) in [6.45, 7) is -1.73. The summed E-state index contributed by atoms with van der Waals surface area (Å²) in [4.78, 5) is 35.9. The highest BCUT2D eigenvalue weighted by Gasteiger charge is 2.33. The highest BCUT2D eigenvalue weighted by molar-refractivity contribution is 14.1. The van der Waals surface area contributed by atoms with Crippen molar-refractivity contribution in [3.05, 3.63) is 32.0 Å². The zero-order valence-electron chi connectivity index (χ0n) is 14.0. The third-order valence-corrected chi connectivity index (χ3v) is 6.53. The largest absolute Gasteiger partial charge is 0.394 e. The fourth-order valence-electron chi connectivity index (χ4n) is 1.94. The molecule has 2 amide bonds. The number of carbonyl (C=O) groups excluding carboxylic acids is 2.